The summed E-state index contributed by atoms with van der Waals surface area (Å²) in [6.45, 7) is 3.67. The van der Waals surface area contributed by atoms with Crippen LogP contribution in [0.3, 0.4) is 0 Å². The highest BCUT2D eigenvalue weighted by molar-refractivity contribution is 5.87. The molecule has 0 aliphatic heterocycles. The molecule has 0 spiro atoms. The van der Waals surface area contributed by atoms with Gasteiger partial charge in [0.15, 0.2) is 0 Å². The van der Waals surface area contributed by atoms with E-state index in [1.54, 1.807) is 0 Å². The summed E-state index contributed by atoms with van der Waals surface area (Å²) in [4.78, 5) is 10.5. The van der Waals surface area contributed by atoms with Crippen LogP contribution in [0.25, 0.3) is 0 Å². The quantitative estimate of drug-likeness (QED) is 0.840. The molecule has 0 unspecified atom stereocenters. The zero-order valence-corrected chi connectivity index (χ0v) is 8.55. The average Bonchev–Trinajstić information content (AvgIpc) is 2.10. The standard InChI is InChI=1S/C11H12F2O2/c1-6(2)3-8-9(12)4-7(11(14)15)5-10(8)13/h4-6H,3H2,1-2H3,(H,14,15). The molecule has 1 aromatic carbocycles. The second kappa shape index (κ2) is 4.38. The predicted octanol–water partition coefficient (Wildman–Crippen LogP) is 2.86. The van der Waals surface area contributed by atoms with Gasteiger partial charge in [0.05, 0.1) is 5.56 Å². The third kappa shape index (κ3) is 2.75. The molecule has 0 bridgehead atoms. The summed E-state index contributed by atoms with van der Waals surface area (Å²) in [5.74, 6) is -2.80. The van der Waals surface area contributed by atoms with Gasteiger partial charge in [-0.25, -0.2) is 13.6 Å². The number of carbonyl (C=O) groups is 1. The predicted molar refractivity (Wildman–Crippen MR) is 51.9 cm³/mol. The first-order valence-corrected chi connectivity index (χ1v) is 4.63. The van der Waals surface area contributed by atoms with E-state index in [0.29, 0.717) is 0 Å². The van der Waals surface area contributed by atoms with Crippen molar-refractivity contribution in [3.63, 3.8) is 0 Å². The number of benzene rings is 1. The zero-order chi connectivity index (χ0) is 11.6. The SMILES string of the molecule is CC(C)Cc1c(F)cc(C(=O)O)cc1F. The van der Waals surface area contributed by atoms with E-state index >= 15 is 0 Å². The highest BCUT2D eigenvalue weighted by Gasteiger charge is 2.15. The van der Waals surface area contributed by atoms with Crippen molar-refractivity contribution in [2.24, 2.45) is 5.92 Å². The van der Waals surface area contributed by atoms with Crippen molar-refractivity contribution in [1.29, 1.82) is 0 Å². The van der Waals surface area contributed by atoms with Crippen LogP contribution < -0.4 is 0 Å². The van der Waals surface area contributed by atoms with Crippen molar-refractivity contribution in [3.8, 4) is 0 Å². The van der Waals surface area contributed by atoms with Crippen molar-refractivity contribution < 1.29 is 18.7 Å². The van der Waals surface area contributed by atoms with Crippen LogP contribution in [0.2, 0.25) is 0 Å². The third-order valence-electron chi connectivity index (χ3n) is 2.00. The Balaban J connectivity index is 3.15. The third-order valence-corrected chi connectivity index (χ3v) is 2.00. The van der Waals surface area contributed by atoms with E-state index < -0.39 is 17.6 Å². The molecule has 0 saturated heterocycles. The maximum atomic E-state index is 13.3. The molecule has 1 aromatic rings. The molecule has 0 heterocycles. The van der Waals surface area contributed by atoms with Crippen molar-refractivity contribution >= 4 is 5.97 Å². The van der Waals surface area contributed by atoms with Gasteiger partial charge >= 0.3 is 5.97 Å². The molecule has 4 heteroatoms. The van der Waals surface area contributed by atoms with Crippen LogP contribution in [-0.2, 0) is 6.42 Å². The highest BCUT2D eigenvalue weighted by Crippen LogP contribution is 2.18. The largest absolute Gasteiger partial charge is 0.478 e. The number of aromatic carboxylic acids is 1. The summed E-state index contributed by atoms with van der Waals surface area (Å²) in [6, 6.07) is 1.70. The highest BCUT2D eigenvalue weighted by atomic mass is 19.1. The Kier molecular flexibility index (Phi) is 3.39. The van der Waals surface area contributed by atoms with Gasteiger partial charge in [0, 0.05) is 5.56 Å². The monoisotopic (exact) mass is 214 g/mol. The number of rotatable bonds is 3. The Morgan fingerprint density at radius 3 is 2.13 bits per heavy atom. The van der Waals surface area contributed by atoms with Crippen molar-refractivity contribution in [2.45, 2.75) is 20.3 Å². The first-order chi connectivity index (χ1) is 6.91. The molecule has 15 heavy (non-hydrogen) atoms. The van der Waals surface area contributed by atoms with Crippen molar-refractivity contribution in [2.75, 3.05) is 0 Å². The second-order valence-corrected chi connectivity index (χ2v) is 3.82. The number of carboxylic acids is 1. The van der Waals surface area contributed by atoms with Crippen LogP contribution in [0.4, 0.5) is 8.78 Å². The lowest BCUT2D eigenvalue weighted by atomic mass is 10.0. The van der Waals surface area contributed by atoms with Gasteiger partial charge in [-0.3, -0.25) is 0 Å². The van der Waals surface area contributed by atoms with Crippen molar-refractivity contribution in [1.82, 2.24) is 0 Å². The number of carboxylic acid groups (broad SMARTS) is 1. The van der Waals surface area contributed by atoms with E-state index in [9.17, 15) is 13.6 Å². The Labute approximate surface area is 86.5 Å². The van der Waals surface area contributed by atoms with Crippen molar-refractivity contribution in [3.05, 3.63) is 34.9 Å². The van der Waals surface area contributed by atoms with Gasteiger partial charge in [0.25, 0.3) is 0 Å². The molecule has 82 valence electrons. The first-order valence-electron chi connectivity index (χ1n) is 4.63. The first kappa shape index (κ1) is 11.6. The Hall–Kier alpha value is -1.45. The number of hydrogen-bond acceptors (Lipinski definition) is 1. The molecule has 0 amide bonds. The smallest absolute Gasteiger partial charge is 0.335 e. The van der Waals surface area contributed by atoms with Crippen LogP contribution >= 0.6 is 0 Å². The molecule has 1 N–H and O–H groups in total. The molecule has 1 rings (SSSR count). The maximum absolute atomic E-state index is 13.3. The minimum absolute atomic E-state index is 0.0463. The van der Waals surface area contributed by atoms with Gasteiger partial charge in [-0.2, -0.15) is 0 Å². The molecule has 0 aliphatic carbocycles. The fraction of sp³-hybridized carbons (Fsp3) is 0.364. The van der Waals surface area contributed by atoms with E-state index in [4.69, 9.17) is 5.11 Å². The molecule has 0 saturated carbocycles. The molecule has 0 fully saturated rings. The summed E-state index contributed by atoms with van der Waals surface area (Å²) >= 11 is 0. The van der Waals surface area contributed by atoms with Gasteiger partial charge < -0.3 is 5.11 Å². The molecule has 2 nitrogen and oxygen atoms in total. The fourth-order valence-corrected chi connectivity index (χ4v) is 1.33. The van der Waals surface area contributed by atoms with Crippen LogP contribution in [0, 0.1) is 17.6 Å². The van der Waals surface area contributed by atoms with Gasteiger partial charge in [-0.1, -0.05) is 13.8 Å². The van der Waals surface area contributed by atoms with E-state index in [-0.39, 0.29) is 23.5 Å². The summed E-state index contributed by atoms with van der Waals surface area (Å²) in [7, 11) is 0. The molecule has 0 atom stereocenters. The van der Waals surface area contributed by atoms with Gasteiger partial charge in [-0.05, 0) is 24.5 Å². The van der Waals surface area contributed by atoms with Gasteiger partial charge in [0.1, 0.15) is 11.6 Å². The van der Waals surface area contributed by atoms with Crippen LogP contribution in [0.1, 0.15) is 29.8 Å². The minimum atomic E-state index is -1.33. The number of halogens is 2. The normalized spacial score (nSPS) is 10.7. The summed E-state index contributed by atoms with van der Waals surface area (Å²) in [5, 5.41) is 8.57. The molecule has 0 aromatic heterocycles. The molecular weight excluding hydrogens is 202 g/mol. The molecule has 0 aliphatic rings. The average molecular weight is 214 g/mol. The lowest BCUT2D eigenvalue weighted by Crippen LogP contribution is -2.05. The lowest BCUT2D eigenvalue weighted by Gasteiger charge is -2.08. The summed E-state index contributed by atoms with van der Waals surface area (Å²) in [5.41, 5.74) is -0.410. The van der Waals surface area contributed by atoms with E-state index in [1.165, 1.54) is 0 Å². The Morgan fingerprint density at radius 2 is 1.80 bits per heavy atom. The summed E-state index contributed by atoms with van der Waals surface area (Å²) in [6.07, 6.45) is 0.261. The Morgan fingerprint density at radius 1 is 1.33 bits per heavy atom. The van der Waals surface area contributed by atoms with Crippen LogP contribution in [0.5, 0.6) is 0 Å². The van der Waals surface area contributed by atoms with E-state index in [2.05, 4.69) is 0 Å². The molecule has 0 radical (unpaired) electrons. The molecular formula is C11H12F2O2. The van der Waals surface area contributed by atoms with Crippen LogP contribution in [0.15, 0.2) is 12.1 Å². The Bertz CT molecular complexity index is 363. The van der Waals surface area contributed by atoms with E-state index in [0.717, 1.165) is 12.1 Å². The fourth-order valence-electron chi connectivity index (χ4n) is 1.33. The van der Waals surface area contributed by atoms with Gasteiger partial charge in [-0.15, -0.1) is 0 Å². The summed E-state index contributed by atoms with van der Waals surface area (Å²) < 4.78 is 26.7. The topological polar surface area (TPSA) is 37.3 Å². The lowest BCUT2D eigenvalue weighted by molar-refractivity contribution is 0.0695. The van der Waals surface area contributed by atoms with Crippen LogP contribution in [-0.4, -0.2) is 11.1 Å². The van der Waals surface area contributed by atoms with Gasteiger partial charge in [0.2, 0.25) is 0 Å². The number of hydrogen-bond donors (Lipinski definition) is 1. The maximum Gasteiger partial charge on any atom is 0.335 e. The second-order valence-electron chi connectivity index (χ2n) is 3.82. The van der Waals surface area contributed by atoms with E-state index in [1.807, 2.05) is 13.8 Å². The zero-order valence-electron chi connectivity index (χ0n) is 8.55. The minimum Gasteiger partial charge on any atom is -0.478 e.